The third-order valence-electron chi connectivity index (χ3n) is 3.25. The van der Waals surface area contributed by atoms with Crippen molar-refractivity contribution >= 4 is 27.9 Å². The maximum absolute atomic E-state index is 12.1. The van der Waals surface area contributed by atoms with Crippen LogP contribution in [0.4, 0.5) is 4.79 Å². The van der Waals surface area contributed by atoms with E-state index in [9.17, 15) is 9.59 Å². The lowest BCUT2D eigenvalue weighted by atomic mass is 10.1. The molecule has 1 atom stereocenters. The summed E-state index contributed by atoms with van der Waals surface area (Å²) >= 11 is 3.37. The highest BCUT2D eigenvalue weighted by atomic mass is 79.9. The van der Waals surface area contributed by atoms with Crippen molar-refractivity contribution in [3.8, 4) is 0 Å². The number of benzene rings is 1. The van der Waals surface area contributed by atoms with Crippen LogP contribution in [0, 0.1) is 0 Å². The van der Waals surface area contributed by atoms with Crippen molar-refractivity contribution in [2.45, 2.75) is 38.8 Å². The fraction of sp³-hybridized carbons (Fsp3) is 0.500. The van der Waals surface area contributed by atoms with Gasteiger partial charge in [-0.2, -0.15) is 0 Å². The molecule has 23 heavy (non-hydrogen) atoms. The quantitative estimate of drug-likeness (QED) is 0.489. The zero-order valence-electron chi connectivity index (χ0n) is 13.4. The van der Waals surface area contributed by atoms with E-state index in [4.69, 9.17) is 5.73 Å². The summed E-state index contributed by atoms with van der Waals surface area (Å²) in [5.41, 5.74) is 6.39. The van der Waals surface area contributed by atoms with Crippen LogP contribution >= 0.6 is 15.9 Å². The molecule has 0 spiro atoms. The summed E-state index contributed by atoms with van der Waals surface area (Å²) in [4.78, 5) is 24.0. The Bertz CT molecular complexity index is 493. The van der Waals surface area contributed by atoms with E-state index in [1.54, 1.807) is 0 Å². The monoisotopic (exact) mass is 384 g/mol. The van der Waals surface area contributed by atoms with Crippen molar-refractivity contribution in [3.63, 3.8) is 0 Å². The van der Waals surface area contributed by atoms with E-state index < -0.39 is 6.04 Å². The van der Waals surface area contributed by atoms with Crippen molar-refractivity contribution < 1.29 is 9.59 Å². The predicted molar refractivity (Wildman–Crippen MR) is 94.9 cm³/mol. The number of hydrogen-bond acceptors (Lipinski definition) is 3. The molecule has 1 aromatic carbocycles. The van der Waals surface area contributed by atoms with Gasteiger partial charge in [0.1, 0.15) is 6.04 Å². The molecular weight excluding hydrogens is 360 g/mol. The summed E-state index contributed by atoms with van der Waals surface area (Å²) in [6.45, 7) is 3.44. The van der Waals surface area contributed by atoms with Crippen molar-refractivity contribution in [2.24, 2.45) is 5.73 Å². The van der Waals surface area contributed by atoms with E-state index in [1.807, 2.05) is 31.2 Å². The molecule has 0 heterocycles. The van der Waals surface area contributed by atoms with E-state index in [0.717, 1.165) is 22.9 Å². The lowest BCUT2D eigenvalue weighted by Gasteiger charge is -2.18. The average Bonchev–Trinajstić information content (AvgIpc) is 2.54. The number of nitrogens with one attached hydrogen (secondary N) is 3. The van der Waals surface area contributed by atoms with Crippen LogP contribution in [0.3, 0.4) is 0 Å². The number of nitrogens with two attached hydrogens (primary N) is 1. The van der Waals surface area contributed by atoms with Crippen LogP contribution in [0.2, 0.25) is 0 Å². The van der Waals surface area contributed by atoms with Crippen LogP contribution < -0.4 is 21.7 Å². The maximum Gasteiger partial charge on any atom is 0.315 e. The highest BCUT2D eigenvalue weighted by Crippen LogP contribution is 2.10. The SMILES string of the molecule is CCCC(NC(=O)NCc1ccc(Br)cc1)C(=O)NCCCN. The fourth-order valence-electron chi connectivity index (χ4n) is 1.99. The molecule has 0 radical (unpaired) electrons. The first kappa shape index (κ1) is 19.4. The van der Waals surface area contributed by atoms with Gasteiger partial charge in [-0.15, -0.1) is 0 Å². The number of amides is 3. The largest absolute Gasteiger partial charge is 0.354 e. The van der Waals surface area contributed by atoms with Crippen LogP contribution in [0.5, 0.6) is 0 Å². The maximum atomic E-state index is 12.1. The van der Waals surface area contributed by atoms with Gasteiger partial charge in [-0.1, -0.05) is 41.4 Å². The van der Waals surface area contributed by atoms with E-state index >= 15 is 0 Å². The topological polar surface area (TPSA) is 96.2 Å². The lowest BCUT2D eigenvalue weighted by molar-refractivity contribution is -0.123. The van der Waals surface area contributed by atoms with Crippen LogP contribution in [0.1, 0.15) is 31.7 Å². The number of rotatable bonds is 9. The van der Waals surface area contributed by atoms with Gasteiger partial charge in [0.25, 0.3) is 0 Å². The molecule has 128 valence electrons. The van der Waals surface area contributed by atoms with Gasteiger partial charge in [-0.05, 0) is 37.1 Å². The first-order valence-electron chi connectivity index (χ1n) is 7.83. The van der Waals surface area contributed by atoms with Gasteiger partial charge in [0.05, 0.1) is 0 Å². The Kier molecular flexibility index (Phi) is 9.31. The Morgan fingerprint density at radius 1 is 1.22 bits per heavy atom. The fourth-order valence-corrected chi connectivity index (χ4v) is 2.25. The van der Waals surface area contributed by atoms with Crippen LogP contribution in [0.15, 0.2) is 28.7 Å². The molecule has 1 unspecified atom stereocenters. The van der Waals surface area contributed by atoms with Gasteiger partial charge < -0.3 is 21.7 Å². The standard InChI is InChI=1S/C16H25BrN4O2/c1-2-4-14(15(22)19-10-3-9-18)21-16(23)20-11-12-5-7-13(17)8-6-12/h5-8,14H,2-4,9-11,18H2,1H3,(H,19,22)(H2,20,21,23). The molecule has 0 aromatic heterocycles. The number of urea groups is 1. The predicted octanol–water partition coefficient (Wildman–Crippen LogP) is 1.88. The molecule has 0 aliphatic heterocycles. The molecule has 0 aliphatic carbocycles. The number of hydrogen-bond donors (Lipinski definition) is 4. The van der Waals surface area contributed by atoms with Gasteiger partial charge in [0.2, 0.25) is 5.91 Å². The molecule has 7 heteroatoms. The van der Waals surface area contributed by atoms with Gasteiger partial charge in [-0.25, -0.2) is 4.79 Å². The molecule has 0 aliphatic rings. The van der Waals surface area contributed by atoms with Gasteiger partial charge in [0, 0.05) is 17.6 Å². The third-order valence-corrected chi connectivity index (χ3v) is 3.77. The van der Waals surface area contributed by atoms with Gasteiger partial charge >= 0.3 is 6.03 Å². The Morgan fingerprint density at radius 3 is 2.52 bits per heavy atom. The first-order chi connectivity index (χ1) is 11.1. The van der Waals surface area contributed by atoms with Crippen LogP contribution in [-0.4, -0.2) is 31.1 Å². The summed E-state index contributed by atoms with van der Waals surface area (Å²) in [6.07, 6.45) is 2.13. The molecule has 5 N–H and O–H groups in total. The minimum absolute atomic E-state index is 0.168. The molecular formula is C16H25BrN4O2. The van der Waals surface area contributed by atoms with Gasteiger partial charge in [-0.3, -0.25) is 4.79 Å². The molecule has 1 rings (SSSR count). The highest BCUT2D eigenvalue weighted by Gasteiger charge is 2.19. The molecule has 1 aromatic rings. The Hall–Kier alpha value is -1.60. The molecule has 0 fully saturated rings. The Balaban J connectivity index is 2.43. The lowest BCUT2D eigenvalue weighted by Crippen LogP contribution is -2.50. The van der Waals surface area contributed by atoms with Crippen LogP contribution in [-0.2, 0) is 11.3 Å². The van der Waals surface area contributed by atoms with Crippen molar-refractivity contribution in [3.05, 3.63) is 34.3 Å². The smallest absolute Gasteiger partial charge is 0.315 e. The second-order valence-corrected chi connectivity index (χ2v) is 6.14. The van der Waals surface area contributed by atoms with E-state index in [2.05, 4.69) is 31.9 Å². The summed E-state index contributed by atoms with van der Waals surface area (Å²) < 4.78 is 0.989. The van der Waals surface area contributed by atoms with E-state index in [1.165, 1.54) is 0 Å². The normalized spacial score (nSPS) is 11.6. The second kappa shape index (κ2) is 11.0. The molecule has 0 saturated heterocycles. The molecule has 3 amide bonds. The molecule has 6 nitrogen and oxygen atoms in total. The summed E-state index contributed by atoms with van der Waals surface area (Å²) in [5.74, 6) is -0.168. The third kappa shape index (κ3) is 7.99. The molecule has 0 saturated carbocycles. The average molecular weight is 385 g/mol. The van der Waals surface area contributed by atoms with Crippen molar-refractivity contribution in [1.82, 2.24) is 16.0 Å². The van der Waals surface area contributed by atoms with Gasteiger partial charge in [0.15, 0.2) is 0 Å². The summed E-state index contributed by atoms with van der Waals surface area (Å²) in [5, 5.41) is 8.27. The summed E-state index contributed by atoms with van der Waals surface area (Å²) in [6, 6.07) is 6.81. The zero-order chi connectivity index (χ0) is 17.1. The zero-order valence-corrected chi connectivity index (χ0v) is 15.0. The number of carbonyl (C=O) groups excluding carboxylic acids is 2. The van der Waals surface area contributed by atoms with E-state index in [-0.39, 0.29) is 11.9 Å². The summed E-state index contributed by atoms with van der Waals surface area (Å²) in [7, 11) is 0. The number of carbonyl (C=O) groups is 2. The highest BCUT2D eigenvalue weighted by molar-refractivity contribution is 9.10. The second-order valence-electron chi connectivity index (χ2n) is 5.23. The number of halogens is 1. The molecule has 0 bridgehead atoms. The Labute approximate surface area is 145 Å². The minimum atomic E-state index is -0.525. The van der Waals surface area contributed by atoms with Crippen molar-refractivity contribution in [2.75, 3.05) is 13.1 Å². The van der Waals surface area contributed by atoms with Crippen molar-refractivity contribution in [1.29, 1.82) is 0 Å². The first-order valence-corrected chi connectivity index (χ1v) is 8.62. The van der Waals surface area contributed by atoms with Crippen LogP contribution in [0.25, 0.3) is 0 Å². The van der Waals surface area contributed by atoms with E-state index in [0.29, 0.717) is 26.1 Å². The minimum Gasteiger partial charge on any atom is -0.354 e. The Morgan fingerprint density at radius 2 is 1.91 bits per heavy atom.